The van der Waals surface area contributed by atoms with Crippen LogP contribution >= 0.6 is 23.2 Å². The zero-order chi connectivity index (χ0) is 26.9. The Kier molecular flexibility index (Phi) is 8.36. The van der Waals surface area contributed by atoms with Gasteiger partial charge in [0, 0.05) is 18.7 Å². The molecule has 0 bridgehead atoms. The number of carbonyl (C=O) groups excluding carboxylic acids is 1. The van der Waals surface area contributed by atoms with E-state index in [0.717, 1.165) is 39.5 Å². The molecule has 0 aliphatic heterocycles. The van der Waals surface area contributed by atoms with Crippen molar-refractivity contribution in [3.63, 3.8) is 0 Å². The molecule has 10 heteroatoms. The van der Waals surface area contributed by atoms with E-state index in [1.807, 2.05) is 6.92 Å². The highest BCUT2D eigenvalue weighted by Gasteiger charge is 2.47. The molecule has 1 aromatic heterocycles. The van der Waals surface area contributed by atoms with Crippen LogP contribution in [0.25, 0.3) is 11.3 Å². The summed E-state index contributed by atoms with van der Waals surface area (Å²) in [5.41, 5.74) is -1.18. The third-order valence-electron chi connectivity index (χ3n) is 7.17. The third kappa shape index (κ3) is 5.84. The number of nitrogens with zero attached hydrogens (tertiary/aromatic N) is 3. The molecule has 2 aromatic rings. The average Bonchev–Trinajstić information content (AvgIpc) is 3.14. The van der Waals surface area contributed by atoms with Crippen molar-refractivity contribution in [3.8, 4) is 17.3 Å². The summed E-state index contributed by atoms with van der Waals surface area (Å²) in [7, 11) is 0. The minimum absolute atomic E-state index is 0.0177. The first-order valence-electron chi connectivity index (χ1n) is 12.0. The van der Waals surface area contributed by atoms with Crippen LogP contribution < -0.4 is 5.32 Å². The van der Waals surface area contributed by atoms with Crippen LogP contribution in [0, 0.1) is 28.1 Å². The van der Waals surface area contributed by atoms with Crippen LogP contribution in [0.4, 0.5) is 13.2 Å². The van der Waals surface area contributed by atoms with Crippen molar-refractivity contribution in [1.82, 2.24) is 15.1 Å². The van der Waals surface area contributed by atoms with E-state index in [9.17, 15) is 23.2 Å². The van der Waals surface area contributed by atoms with Gasteiger partial charge in [-0.25, -0.2) is 0 Å². The summed E-state index contributed by atoms with van der Waals surface area (Å²) in [5, 5.41) is 17.3. The molecular formula is C26H31Cl2F3N4O. The Bertz CT molecular complexity index is 1160. The van der Waals surface area contributed by atoms with Gasteiger partial charge in [-0.15, -0.1) is 0 Å². The Morgan fingerprint density at radius 2 is 1.92 bits per heavy atom. The second kappa shape index (κ2) is 10.6. The lowest BCUT2D eigenvalue weighted by molar-refractivity contribution is -0.211. The first-order chi connectivity index (χ1) is 16.7. The molecule has 0 saturated heterocycles. The summed E-state index contributed by atoms with van der Waals surface area (Å²) in [6.45, 7) is 6.88. The number of benzene rings is 1. The average molecular weight is 543 g/mol. The van der Waals surface area contributed by atoms with E-state index in [1.165, 1.54) is 6.07 Å². The Balaban J connectivity index is 1.85. The summed E-state index contributed by atoms with van der Waals surface area (Å²) in [5.74, 6) is 0.0801. The predicted molar refractivity (Wildman–Crippen MR) is 135 cm³/mol. The van der Waals surface area contributed by atoms with E-state index in [2.05, 4.69) is 23.4 Å². The van der Waals surface area contributed by atoms with Crippen molar-refractivity contribution in [2.24, 2.45) is 16.7 Å². The monoisotopic (exact) mass is 542 g/mol. The standard InChI is InChI=1S/C26H31Cl2F3N4O/c1-5-35-22(18-7-6-17(12-19(18)27)13-24(3,4)26(29,30)31)20(28)21(34-35)23(36)33-15-25(14-32)10-8-16(2)9-11-25/h6-7,12,16H,5,8-11,13,15H2,1-4H3,(H,33,36). The maximum Gasteiger partial charge on any atom is 0.394 e. The van der Waals surface area contributed by atoms with Gasteiger partial charge in [-0.2, -0.15) is 23.5 Å². The molecular weight excluding hydrogens is 512 g/mol. The second-order valence-electron chi connectivity index (χ2n) is 10.5. The topological polar surface area (TPSA) is 70.7 Å². The molecule has 1 amide bonds. The second-order valence-corrected chi connectivity index (χ2v) is 11.2. The minimum Gasteiger partial charge on any atom is -0.349 e. The van der Waals surface area contributed by atoms with Crippen molar-refractivity contribution >= 4 is 29.1 Å². The van der Waals surface area contributed by atoms with E-state index in [0.29, 0.717) is 29.3 Å². The van der Waals surface area contributed by atoms with Gasteiger partial charge >= 0.3 is 6.18 Å². The maximum atomic E-state index is 13.3. The van der Waals surface area contributed by atoms with Crippen LogP contribution in [0.2, 0.25) is 10.0 Å². The molecule has 36 heavy (non-hydrogen) atoms. The van der Waals surface area contributed by atoms with Crippen molar-refractivity contribution in [1.29, 1.82) is 5.26 Å². The number of alkyl halides is 3. The molecule has 0 spiro atoms. The van der Waals surface area contributed by atoms with Crippen LogP contribution in [-0.4, -0.2) is 28.4 Å². The zero-order valence-electron chi connectivity index (χ0n) is 20.9. The fourth-order valence-electron chi connectivity index (χ4n) is 4.52. The van der Waals surface area contributed by atoms with Crippen molar-refractivity contribution in [2.75, 3.05) is 6.54 Å². The first kappa shape index (κ1) is 28.3. The molecule has 0 radical (unpaired) electrons. The Morgan fingerprint density at radius 3 is 2.44 bits per heavy atom. The summed E-state index contributed by atoms with van der Waals surface area (Å²) >= 11 is 13.1. The number of halogens is 5. The van der Waals surface area contributed by atoms with Crippen molar-refractivity contribution < 1.29 is 18.0 Å². The van der Waals surface area contributed by atoms with E-state index in [4.69, 9.17) is 23.2 Å². The highest BCUT2D eigenvalue weighted by Crippen LogP contribution is 2.42. The van der Waals surface area contributed by atoms with Gasteiger partial charge in [-0.1, -0.05) is 56.1 Å². The summed E-state index contributed by atoms with van der Waals surface area (Å²) in [4.78, 5) is 13.0. The summed E-state index contributed by atoms with van der Waals surface area (Å²) in [6.07, 6.45) is -1.27. The largest absolute Gasteiger partial charge is 0.394 e. The molecule has 1 N–H and O–H groups in total. The van der Waals surface area contributed by atoms with Gasteiger partial charge in [-0.05, 0) is 56.6 Å². The van der Waals surface area contributed by atoms with Gasteiger partial charge in [-0.3, -0.25) is 9.48 Å². The number of nitriles is 1. The van der Waals surface area contributed by atoms with E-state index >= 15 is 0 Å². The number of hydrogen-bond acceptors (Lipinski definition) is 3. The minimum atomic E-state index is -4.36. The van der Waals surface area contributed by atoms with Crippen molar-refractivity contribution in [3.05, 3.63) is 39.5 Å². The maximum absolute atomic E-state index is 13.3. The molecule has 3 rings (SSSR count). The Hall–Kier alpha value is -2.24. The van der Waals surface area contributed by atoms with Gasteiger partial charge in [0.1, 0.15) is 0 Å². The Morgan fingerprint density at radius 1 is 1.28 bits per heavy atom. The molecule has 1 fully saturated rings. The molecule has 5 nitrogen and oxygen atoms in total. The SMILES string of the molecule is CCn1nc(C(=O)NCC2(C#N)CCC(C)CC2)c(Cl)c1-c1ccc(CC(C)(C)C(F)(F)F)cc1Cl. The quantitative estimate of drug-likeness (QED) is 0.394. The predicted octanol–water partition coefficient (Wildman–Crippen LogP) is 7.46. The Labute approximate surface area is 220 Å². The number of aryl methyl sites for hydroxylation is 1. The number of nitrogens with one attached hydrogen (secondary N) is 1. The molecule has 1 aromatic carbocycles. The molecule has 196 valence electrons. The van der Waals surface area contributed by atoms with Gasteiger partial charge in [0.2, 0.25) is 0 Å². The van der Waals surface area contributed by atoms with E-state index in [1.54, 1.807) is 16.8 Å². The first-order valence-corrected chi connectivity index (χ1v) is 12.8. The highest BCUT2D eigenvalue weighted by atomic mass is 35.5. The lowest BCUT2D eigenvalue weighted by Crippen LogP contribution is -2.39. The fourth-order valence-corrected chi connectivity index (χ4v) is 5.13. The van der Waals surface area contributed by atoms with Crippen LogP contribution in [0.3, 0.4) is 0 Å². The van der Waals surface area contributed by atoms with Crippen molar-refractivity contribution in [2.45, 2.75) is 72.5 Å². The normalized spacial score (nSPS) is 20.7. The number of aromatic nitrogens is 2. The molecule has 0 unspecified atom stereocenters. The molecule has 1 aliphatic rings. The van der Waals surface area contributed by atoms with E-state index < -0.39 is 22.9 Å². The van der Waals surface area contributed by atoms with Gasteiger partial charge in [0.05, 0.1) is 32.6 Å². The summed E-state index contributed by atoms with van der Waals surface area (Å²) < 4.78 is 41.5. The lowest BCUT2D eigenvalue weighted by Gasteiger charge is -2.33. The van der Waals surface area contributed by atoms with Gasteiger partial charge < -0.3 is 5.32 Å². The number of amides is 1. The number of hydrogen-bond donors (Lipinski definition) is 1. The van der Waals surface area contributed by atoms with Crippen LogP contribution in [0.1, 0.15) is 69.4 Å². The van der Waals surface area contributed by atoms with Crippen LogP contribution in [0.15, 0.2) is 18.2 Å². The van der Waals surface area contributed by atoms with Crippen LogP contribution in [0.5, 0.6) is 0 Å². The zero-order valence-corrected chi connectivity index (χ0v) is 22.4. The lowest BCUT2D eigenvalue weighted by atomic mass is 9.72. The third-order valence-corrected chi connectivity index (χ3v) is 7.84. The van der Waals surface area contributed by atoms with Gasteiger partial charge in [0.15, 0.2) is 5.69 Å². The summed E-state index contributed by atoms with van der Waals surface area (Å²) in [6, 6.07) is 7.07. The highest BCUT2D eigenvalue weighted by molar-refractivity contribution is 6.38. The fraction of sp³-hybridized carbons (Fsp3) is 0.577. The van der Waals surface area contributed by atoms with Crippen LogP contribution in [-0.2, 0) is 13.0 Å². The molecule has 0 atom stereocenters. The molecule has 1 aliphatic carbocycles. The number of carbonyl (C=O) groups is 1. The van der Waals surface area contributed by atoms with E-state index in [-0.39, 0.29) is 28.7 Å². The molecule has 1 saturated carbocycles. The van der Waals surface area contributed by atoms with Gasteiger partial charge in [0.25, 0.3) is 5.91 Å². The number of rotatable bonds is 7. The smallest absolute Gasteiger partial charge is 0.349 e. The molecule has 1 heterocycles.